The standard InChI is InChI=1S/C28H28Cl2N2O/c1-19-4-3-5-21(12-19)17-31-10-8-28(9-11-31)18-32(26-7-6-20(2)13-25(26)28)27(33)22-14-23(29)16-24(30)15-22/h3-7,12-16H,8-11,17-18H2,1-2H3. The van der Waals surface area contributed by atoms with Crippen molar-refractivity contribution in [2.24, 2.45) is 0 Å². The summed E-state index contributed by atoms with van der Waals surface area (Å²) >= 11 is 12.4. The molecule has 0 bridgehead atoms. The first-order valence-corrected chi connectivity index (χ1v) is 12.3. The second kappa shape index (κ2) is 8.79. The summed E-state index contributed by atoms with van der Waals surface area (Å²) in [6, 6.07) is 20.3. The maximum Gasteiger partial charge on any atom is 0.258 e. The summed E-state index contributed by atoms with van der Waals surface area (Å²) in [7, 11) is 0. The molecule has 0 aliphatic carbocycles. The first kappa shape index (κ1) is 22.5. The lowest BCUT2D eigenvalue weighted by molar-refractivity contribution is 0.0975. The molecule has 5 rings (SSSR count). The van der Waals surface area contributed by atoms with Crippen molar-refractivity contribution < 1.29 is 4.79 Å². The predicted octanol–water partition coefficient (Wildman–Crippen LogP) is 6.80. The summed E-state index contributed by atoms with van der Waals surface area (Å²) in [6.45, 7) is 7.99. The van der Waals surface area contributed by atoms with E-state index in [1.54, 1.807) is 18.2 Å². The quantitative estimate of drug-likeness (QED) is 0.412. The van der Waals surface area contributed by atoms with Crippen molar-refractivity contribution in [3.05, 3.63) is 98.5 Å². The molecule has 0 N–H and O–H groups in total. The van der Waals surface area contributed by atoms with Crippen LogP contribution in [0, 0.1) is 13.8 Å². The Morgan fingerprint density at radius 1 is 0.909 bits per heavy atom. The third kappa shape index (κ3) is 4.42. The third-order valence-electron chi connectivity index (χ3n) is 7.13. The zero-order chi connectivity index (χ0) is 23.2. The minimum atomic E-state index is -0.0384. The van der Waals surface area contributed by atoms with E-state index in [0.29, 0.717) is 22.2 Å². The number of benzene rings is 3. The largest absolute Gasteiger partial charge is 0.307 e. The van der Waals surface area contributed by atoms with Gasteiger partial charge in [0.2, 0.25) is 0 Å². The molecular weight excluding hydrogens is 451 g/mol. The van der Waals surface area contributed by atoms with Crippen LogP contribution in [0.1, 0.15) is 45.5 Å². The van der Waals surface area contributed by atoms with Crippen molar-refractivity contribution >= 4 is 34.8 Å². The number of aryl methyl sites for hydroxylation is 2. The highest BCUT2D eigenvalue weighted by Gasteiger charge is 2.46. The Balaban J connectivity index is 1.40. The van der Waals surface area contributed by atoms with Gasteiger partial charge >= 0.3 is 0 Å². The number of piperidine rings is 1. The van der Waals surface area contributed by atoms with Gasteiger partial charge in [0, 0.05) is 39.8 Å². The number of anilines is 1. The molecule has 0 radical (unpaired) electrons. The Bertz CT molecular complexity index is 1190. The fourth-order valence-electron chi connectivity index (χ4n) is 5.43. The number of carbonyl (C=O) groups is 1. The molecule has 0 aromatic heterocycles. The minimum Gasteiger partial charge on any atom is -0.307 e. The van der Waals surface area contributed by atoms with Gasteiger partial charge in [-0.15, -0.1) is 0 Å². The van der Waals surface area contributed by atoms with E-state index in [1.165, 1.54) is 22.3 Å². The van der Waals surface area contributed by atoms with E-state index >= 15 is 0 Å². The molecule has 2 heterocycles. The molecule has 0 unspecified atom stereocenters. The van der Waals surface area contributed by atoms with E-state index in [-0.39, 0.29) is 11.3 Å². The number of hydrogen-bond acceptors (Lipinski definition) is 2. The third-order valence-corrected chi connectivity index (χ3v) is 7.57. The van der Waals surface area contributed by atoms with E-state index in [1.807, 2.05) is 4.90 Å². The van der Waals surface area contributed by atoms with Crippen molar-refractivity contribution in [3.63, 3.8) is 0 Å². The molecule has 3 aromatic rings. The van der Waals surface area contributed by atoms with E-state index in [0.717, 1.165) is 38.2 Å². The van der Waals surface area contributed by atoms with Crippen molar-refractivity contribution in [3.8, 4) is 0 Å². The highest BCUT2D eigenvalue weighted by molar-refractivity contribution is 6.35. The number of nitrogens with zero attached hydrogens (tertiary/aromatic N) is 2. The number of fused-ring (bicyclic) bond motifs is 2. The monoisotopic (exact) mass is 478 g/mol. The smallest absolute Gasteiger partial charge is 0.258 e. The summed E-state index contributed by atoms with van der Waals surface area (Å²) in [5.41, 5.74) is 6.75. The maximum atomic E-state index is 13.6. The number of halogens is 2. The van der Waals surface area contributed by atoms with Gasteiger partial charge in [0.25, 0.3) is 5.91 Å². The Hall–Kier alpha value is -2.33. The molecule has 5 heteroatoms. The van der Waals surface area contributed by atoms with Crippen molar-refractivity contribution in [2.45, 2.75) is 38.6 Å². The Morgan fingerprint density at radius 3 is 2.30 bits per heavy atom. The lowest BCUT2D eigenvalue weighted by Gasteiger charge is -2.40. The maximum absolute atomic E-state index is 13.6. The van der Waals surface area contributed by atoms with Gasteiger partial charge in [0.15, 0.2) is 0 Å². The van der Waals surface area contributed by atoms with Crippen LogP contribution in [0.4, 0.5) is 5.69 Å². The first-order valence-electron chi connectivity index (χ1n) is 11.5. The average molecular weight is 479 g/mol. The normalized spacial score (nSPS) is 17.4. The summed E-state index contributed by atoms with van der Waals surface area (Å²) < 4.78 is 0. The molecule has 170 valence electrons. The van der Waals surface area contributed by atoms with Crippen LogP contribution < -0.4 is 4.90 Å². The number of carbonyl (C=O) groups excluding carboxylic acids is 1. The lowest BCUT2D eigenvalue weighted by Crippen LogP contribution is -2.45. The van der Waals surface area contributed by atoms with Gasteiger partial charge < -0.3 is 4.90 Å². The topological polar surface area (TPSA) is 23.6 Å². The number of hydrogen-bond donors (Lipinski definition) is 0. The molecule has 2 aliphatic heterocycles. The zero-order valence-corrected chi connectivity index (χ0v) is 20.6. The fourth-order valence-corrected chi connectivity index (χ4v) is 5.96. The zero-order valence-electron chi connectivity index (χ0n) is 19.1. The van der Waals surface area contributed by atoms with Crippen LogP contribution in [0.5, 0.6) is 0 Å². The van der Waals surface area contributed by atoms with Gasteiger partial charge in [-0.25, -0.2) is 0 Å². The molecule has 33 heavy (non-hydrogen) atoms. The molecule has 1 amide bonds. The van der Waals surface area contributed by atoms with Gasteiger partial charge in [-0.05, 0) is 75.2 Å². The molecular formula is C28H28Cl2N2O. The number of rotatable bonds is 3. The van der Waals surface area contributed by atoms with Gasteiger partial charge in [0.05, 0.1) is 0 Å². The van der Waals surface area contributed by atoms with Gasteiger partial charge in [-0.1, -0.05) is 70.7 Å². The summed E-state index contributed by atoms with van der Waals surface area (Å²) in [4.78, 5) is 18.0. The minimum absolute atomic E-state index is 0.0114. The van der Waals surface area contributed by atoms with Crippen molar-refractivity contribution in [1.29, 1.82) is 0 Å². The number of likely N-dealkylation sites (tertiary alicyclic amines) is 1. The molecule has 0 atom stereocenters. The Morgan fingerprint density at radius 2 is 1.61 bits per heavy atom. The highest BCUT2D eigenvalue weighted by Crippen LogP contribution is 2.48. The van der Waals surface area contributed by atoms with Crippen molar-refractivity contribution in [2.75, 3.05) is 24.5 Å². The van der Waals surface area contributed by atoms with Crippen LogP contribution in [0.15, 0.2) is 60.7 Å². The van der Waals surface area contributed by atoms with Crippen LogP contribution in [0.3, 0.4) is 0 Å². The van der Waals surface area contributed by atoms with Crippen LogP contribution >= 0.6 is 23.2 Å². The lowest BCUT2D eigenvalue weighted by atomic mass is 9.74. The fraction of sp³-hybridized carbons (Fsp3) is 0.321. The average Bonchev–Trinajstić information content (AvgIpc) is 3.07. The molecule has 2 aliphatic rings. The Labute approximate surface area is 205 Å². The molecule has 3 aromatic carbocycles. The van der Waals surface area contributed by atoms with Crippen LogP contribution in [0.2, 0.25) is 10.0 Å². The van der Waals surface area contributed by atoms with Gasteiger partial charge in [-0.3, -0.25) is 9.69 Å². The molecule has 3 nitrogen and oxygen atoms in total. The first-order chi connectivity index (χ1) is 15.8. The highest BCUT2D eigenvalue weighted by atomic mass is 35.5. The van der Waals surface area contributed by atoms with Crippen LogP contribution in [0.25, 0.3) is 0 Å². The summed E-state index contributed by atoms with van der Waals surface area (Å²) in [5.74, 6) is -0.0384. The van der Waals surface area contributed by atoms with Gasteiger partial charge in [0.1, 0.15) is 0 Å². The summed E-state index contributed by atoms with van der Waals surface area (Å²) in [6.07, 6.45) is 2.07. The van der Waals surface area contributed by atoms with E-state index in [9.17, 15) is 4.79 Å². The SMILES string of the molecule is Cc1cccc(CN2CCC3(CC2)CN(C(=O)c2cc(Cl)cc(Cl)c2)c2ccc(C)cc23)c1. The molecule has 0 saturated carbocycles. The van der Waals surface area contributed by atoms with E-state index in [4.69, 9.17) is 23.2 Å². The van der Waals surface area contributed by atoms with Crippen LogP contribution in [-0.2, 0) is 12.0 Å². The molecule has 1 spiro atoms. The predicted molar refractivity (Wildman–Crippen MR) is 137 cm³/mol. The Kier molecular flexibility index (Phi) is 5.98. The molecule has 1 saturated heterocycles. The second-order valence-electron chi connectivity index (χ2n) is 9.62. The van der Waals surface area contributed by atoms with E-state index in [2.05, 4.69) is 61.2 Å². The molecule has 1 fully saturated rings. The number of amides is 1. The van der Waals surface area contributed by atoms with E-state index < -0.39 is 0 Å². The van der Waals surface area contributed by atoms with Crippen LogP contribution in [-0.4, -0.2) is 30.4 Å². The summed E-state index contributed by atoms with van der Waals surface area (Å²) in [5, 5.41) is 0.960. The second-order valence-corrected chi connectivity index (χ2v) is 10.5. The van der Waals surface area contributed by atoms with Gasteiger partial charge in [-0.2, -0.15) is 0 Å². The van der Waals surface area contributed by atoms with Crippen molar-refractivity contribution in [1.82, 2.24) is 4.90 Å².